The molecule has 0 radical (unpaired) electrons. The molecular formula is C12H16BrN3O3S2. The van der Waals surface area contributed by atoms with Crippen LogP contribution in [0.15, 0.2) is 31.6 Å². The summed E-state index contributed by atoms with van der Waals surface area (Å²) in [5.74, 6) is 0.560. The molecular weight excluding hydrogens is 378 g/mol. The van der Waals surface area contributed by atoms with Gasteiger partial charge in [0.1, 0.15) is 15.7 Å². The molecule has 0 spiro atoms. The van der Waals surface area contributed by atoms with Crippen LogP contribution in [0.5, 0.6) is 0 Å². The van der Waals surface area contributed by atoms with Gasteiger partial charge in [0.2, 0.25) is 10.0 Å². The van der Waals surface area contributed by atoms with E-state index in [2.05, 4.69) is 31.0 Å². The number of halogens is 1. The maximum Gasteiger partial charge on any atom is 0.245 e. The van der Waals surface area contributed by atoms with Crippen LogP contribution in [0.25, 0.3) is 0 Å². The van der Waals surface area contributed by atoms with Crippen molar-refractivity contribution in [2.24, 2.45) is 0 Å². The molecule has 0 aromatic carbocycles. The standard InChI is InChI=1S/C12H16BrN3O3S2/c1-8(2)15-6-9-5-10(12(13)19-9)21(17,18)16-7-11-14-3-4-20-11/h3-5,8,15-16H,6-7H2,1-2H3. The number of hydrogen-bond donors (Lipinski definition) is 2. The van der Waals surface area contributed by atoms with Crippen molar-refractivity contribution in [1.29, 1.82) is 0 Å². The summed E-state index contributed by atoms with van der Waals surface area (Å²) in [5.41, 5.74) is 0. The molecule has 2 N–H and O–H groups in total. The fraction of sp³-hybridized carbons (Fsp3) is 0.417. The second-order valence-corrected chi connectivity index (χ2v) is 8.07. The summed E-state index contributed by atoms with van der Waals surface area (Å²) in [4.78, 5) is 4.13. The first-order chi connectivity index (χ1) is 9.88. The Morgan fingerprint density at radius 2 is 2.19 bits per heavy atom. The summed E-state index contributed by atoms with van der Waals surface area (Å²) in [6.45, 7) is 4.64. The van der Waals surface area contributed by atoms with Gasteiger partial charge in [-0.2, -0.15) is 0 Å². The van der Waals surface area contributed by atoms with Gasteiger partial charge < -0.3 is 9.73 Å². The Balaban J connectivity index is 2.08. The van der Waals surface area contributed by atoms with Crippen molar-refractivity contribution in [3.05, 3.63) is 33.1 Å². The third-order valence-corrected chi connectivity index (χ3v) is 5.62. The van der Waals surface area contributed by atoms with Crippen molar-refractivity contribution in [3.63, 3.8) is 0 Å². The first kappa shape index (κ1) is 16.6. The van der Waals surface area contributed by atoms with Crippen molar-refractivity contribution in [2.75, 3.05) is 0 Å². The number of sulfonamides is 1. The SMILES string of the molecule is CC(C)NCc1cc(S(=O)(=O)NCc2nccs2)c(Br)o1. The van der Waals surface area contributed by atoms with E-state index in [9.17, 15) is 8.42 Å². The highest BCUT2D eigenvalue weighted by atomic mass is 79.9. The summed E-state index contributed by atoms with van der Waals surface area (Å²) in [5, 5.41) is 5.68. The van der Waals surface area contributed by atoms with E-state index < -0.39 is 10.0 Å². The van der Waals surface area contributed by atoms with Crippen molar-refractivity contribution >= 4 is 37.3 Å². The molecule has 2 heterocycles. The second-order valence-electron chi connectivity index (χ2n) is 4.64. The number of rotatable bonds is 7. The predicted molar refractivity (Wildman–Crippen MR) is 84.5 cm³/mol. The molecule has 0 aliphatic rings. The number of hydrogen-bond acceptors (Lipinski definition) is 6. The largest absolute Gasteiger partial charge is 0.452 e. The quantitative estimate of drug-likeness (QED) is 0.754. The van der Waals surface area contributed by atoms with Gasteiger partial charge in [-0.1, -0.05) is 13.8 Å². The highest BCUT2D eigenvalue weighted by Gasteiger charge is 2.22. The molecule has 0 fully saturated rings. The Morgan fingerprint density at radius 3 is 2.81 bits per heavy atom. The number of nitrogens with one attached hydrogen (secondary N) is 2. The van der Waals surface area contributed by atoms with Crippen LogP contribution in [0, 0.1) is 0 Å². The van der Waals surface area contributed by atoms with E-state index in [4.69, 9.17) is 4.42 Å². The van der Waals surface area contributed by atoms with Crippen LogP contribution in [-0.2, 0) is 23.1 Å². The zero-order valence-electron chi connectivity index (χ0n) is 11.6. The molecule has 2 aromatic rings. The van der Waals surface area contributed by atoms with E-state index in [1.165, 1.54) is 17.4 Å². The van der Waals surface area contributed by atoms with Crippen molar-refractivity contribution in [1.82, 2.24) is 15.0 Å². The third kappa shape index (κ3) is 4.62. The Kier molecular flexibility index (Phi) is 5.55. The lowest BCUT2D eigenvalue weighted by atomic mass is 10.3. The van der Waals surface area contributed by atoms with E-state index >= 15 is 0 Å². The smallest absolute Gasteiger partial charge is 0.245 e. The maximum absolute atomic E-state index is 12.3. The molecule has 21 heavy (non-hydrogen) atoms. The number of aromatic nitrogens is 1. The fourth-order valence-corrected chi connectivity index (χ4v) is 4.18. The zero-order valence-corrected chi connectivity index (χ0v) is 14.8. The molecule has 0 bridgehead atoms. The second kappa shape index (κ2) is 7.01. The molecule has 116 valence electrons. The molecule has 0 amide bonds. The van der Waals surface area contributed by atoms with Gasteiger partial charge in [-0.05, 0) is 15.9 Å². The number of furan rings is 1. The van der Waals surface area contributed by atoms with Crippen LogP contribution in [0.4, 0.5) is 0 Å². The van der Waals surface area contributed by atoms with Gasteiger partial charge in [-0.25, -0.2) is 18.1 Å². The van der Waals surface area contributed by atoms with E-state index in [1.54, 1.807) is 11.6 Å². The summed E-state index contributed by atoms with van der Waals surface area (Å²) in [6, 6.07) is 1.81. The Labute approximate surface area is 136 Å². The average Bonchev–Trinajstić information content (AvgIpc) is 3.03. The molecule has 0 saturated carbocycles. The minimum atomic E-state index is -3.64. The van der Waals surface area contributed by atoms with Crippen LogP contribution >= 0.6 is 27.3 Å². The molecule has 0 saturated heterocycles. The van der Waals surface area contributed by atoms with Crippen LogP contribution < -0.4 is 10.0 Å². The average molecular weight is 394 g/mol. The van der Waals surface area contributed by atoms with Crippen LogP contribution in [0.3, 0.4) is 0 Å². The highest BCUT2D eigenvalue weighted by molar-refractivity contribution is 9.10. The molecule has 2 aromatic heterocycles. The third-order valence-electron chi connectivity index (χ3n) is 2.58. The number of nitrogens with zero attached hydrogens (tertiary/aromatic N) is 1. The van der Waals surface area contributed by atoms with Crippen LogP contribution in [-0.4, -0.2) is 19.4 Å². The van der Waals surface area contributed by atoms with Crippen LogP contribution in [0.2, 0.25) is 0 Å². The van der Waals surface area contributed by atoms with Crippen molar-refractivity contribution in [3.8, 4) is 0 Å². The molecule has 6 nitrogen and oxygen atoms in total. The topological polar surface area (TPSA) is 84.2 Å². The first-order valence-corrected chi connectivity index (χ1v) is 9.43. The summed E-state index contributed by atoms with van der Waals surface area (Å²) < 4.78 is 32.6. The molecule has 9 heteroatoms. The Morgan fingerprint density at radius 1 is 1.43 bits per heavy atom. The summed E-state index contributed by atoms with van der Waals surface area (Å²) in [7, 11) is -3.64. The van der Waals surface area contributed by atoms with E-state index in [0.717, 1.165) is 0 Å². The first-order valence-electron chi connectivity index (χ1n) is 6.28. The minimum Gasteiger partial charge on any atom is -0.452 e. The normalized spacial score (nSPS) is 12.2. The summed E-state index contributed by atoms with van der Waals surface area (Å²) in [6.07, 6.45) is 1.64. The lowest BCUT2D eigenvalue weighted by Crippen LogP contribution is -2.23. The highest BCUT2D eigenvalue weighted by Crippen LogP contribution is 2.26. The molecule has 0 unspecified atom stereocenters. The molecule has 0 aliphatic heterocycles. The Bertz CT molecular complexity index is 681. The fourth-order valence-electron chi connectivity index (χ4n) is 1.55. The zero-order chi connectivity index (χ0) is 15.5. The Hall–Kier alpha value is -0.740. The van der Waals surface area contributed by atoms with Crippen molar-refractivity contribution < 1.29 is 12.8 Å². The van der Waals surface area contributed by atoms with Crippen LogP contribution in [0.1, 0.15) is 24.6 Å². The number of thiazole rings is 1. The lowest BCUT2D eigenvalue weighted by Gasteiger charge is -2.04. The van der Waals surface area contributed by atoms with E-state index in [0.29, 0.717) is 17.3 Å². The molecule has 0 aliphatic carbocycles. The van der Waals surface area contributed by atoms with E-state index in [-0.39, 0.29) is 22.2 Å². The van der Waals surface area contributed by atoms with E-state index in [1.807, 2.05) is 13.8 Å². The van der Waals surface area contributed by atoms with Gasteiger partial charge in [0, 0.05) is 23.7 Å². The van der Waals surface area contributed by atoms with Gasteiger partial charge in [-0.3, -0.25) is 0 Å². The predicted octanol–water partition coefficient (Wildman–Crippen LogP) is 2.48. The van der Waals surface area contributed by atoms with Gasteiger partial charge in [-0.15, -0.1) is 11.3 Å². The molecule has 0 atom stereocenters. The van der Waals surface area contributed by atoms with Gasteiger partial charge >= 0.3 is 0 Å². The monoisotopic (exact) mass is 393 g/mol. The van der Waals surface area contributed by atoms with Gasteiger partial charge in [0.15, 0.2) is 4.67 Å². The molecule has 2 rings (SSSR count). The van der Waals surface area contributed by atoms with Gasteiger partial charge in [0.25, 0.3) is 0 Å². The van der Waals surface area contributed by atoms with Gasteiger partial charge in [0.05, 0.1) is 13.1 Å². The lowest BCUT2D eigenvalue weighted by molar-refractivity contribution is 0.447. The minimum absolute atomic E-state index is 0.0969. The maximum atomic E-state index is 12.3. The van der Waals surface area contributed by atoms with Crippen molar-refractivity contribution in [2.45, 2.75) is 37.9 Å². The summed E-state index contributed by atoms with van der Waals surface area (Å²) >= 11 is 4.55.